The third kappa shape index (κ3) is 3.10. The van der Waals surface area contributed by atoms with E-state index >= 15 is 0 Å². The Balaban J connectivity index is 1.26. The van der Waals surface area contributed by atoms with Crippen LogP contribution in [0.3, 0.4) is 0 Å². The Labute approximate surface area is 181 Å². The minimum atomic E-state index is -0.0567. The van der Waals surface area contributed by atoms with Crippen molar-refractivity contribution in [1.82, 2.24) is 30.2 Å². The van der Waals surface area contributed by atoms with E-state index in [1.807, 2.05) is 16.9 Å². The van der Waals surface area contributed by atoms with E-state index in [2.05, 4.69) is 20.8 Å². The molecule has 5 aliphatic rings. The molecule has 7 rings (SSSR count). The quantitative estimate of drug-likeness (QED) is 0.775. The molecule has 0 radical (unpaired) electrons. The first-order valence-corrected chi connectivity index (χ1v) is 11.7. The number of nitrogens with one attached hydrogen (secondary N) is 2. The fourth-order valence-electron chi connectivity index (χ4n) is 7.05. The molecule has 0 aliphatic heterocycles. The summed E-state index contributed by atoms with van der Waals surface area (Å²) in [6, 6.07) is 2.39. The van der Waals surface area contributed by atoms with Gasteiger partial charge in [0.05, 0.1) is 12.2 Å². The second-order valence-electron chi connectivity index (χ2n) is 10.3. The lowest BCUT2D eigenvalue weighted by atomic mass is 9.51. The van der Waals surface area contributed by atoms with Crippen LogP contribution in [0.1, 0.15) is 74.7 Å². The predicted octanol–water partition coefficient (Wildman–Crippen LogP) is 2.61. The maximum Gasteiger partial charge on any atom is 0.256 e. The molecule has 0 aromatic carbocycles. The van der Waals surface area contributed by atoms with Crippen molar-refractivity contribution in [1.29, 1.82) is 0 Å². The van der Waals surface area contributed by atoms with Crippen LogP contribution in [0, 0.1) is 17.8 Å². The van der Waals surface area contributed by atoms with Gasteiger partial charge in [0, 0.05) is 30.9 Å². The van der Waals surface area contributed by atoms with E-state index in [-0.39, 0.29) is 23.4 Å². The summed E-state index contributed by atoms with van der Waals surface area (Å²) in [5.74, 6) is 2.30. The normalized spacial score (nSPS) is 33.8. The number of hydrogen-bond donors (Lipinski definition) is 2. The first-order chi connectivity index (χ1) is 15.0. The highest BCUT2D eigenvalue weighted by atomic mass is 16.2. The van der Waals surface area contributed by atoms with Crippen LogP contribution in [0.25, 0.3) is 5.82 Å². The van der Waals surface area contributed by atoms with Crippen molar-refractivity contribution in [3.05, 3.63) is 30.2 Å². The molecular formula is C23H30N6O2. The second kappa shape index (κ2) is 6.93. The van der Waals surface area contributed by atoms with E-state index in [0.29, 0.717) is 29.4 Å². The molecule has 2 unspecified atom stereocenters. The molecular weight excluding hydrogens is 392 g/mol. The van der Waals surface area contributed by atoms with E-state index in [9.17, 15) is 9.59 Å². The van der Waals surface area contributed by atoms with Crippen LogP contribution in [0.15, 0.2) is 24.7 Å². The van der Waals surface area contributed by atoms with Gasteiger partial charge >= 0.3 is 0 Å². The fraction of sp³-hybridized carbons (Fsp3) is 0.652. The first-order valence-electron chi connectivity index (χ1n) is 11.7. The number of amides is 2. The first kappa shape index (κ1) is 19.1. The number of rotatable bonds is 5. The summed E-state index contributed by atoms with van der Waals surface area (Å²) in [4.78, 5) is 25.3. The van der Waals surface area contributed by atoms with Gasteiger partial charge in [-0.3, -0.25) is 9.59 Å². The second-order valence-corrected chi connectivity index (χ2v) is 10.3. The molecule has 31 heavy (non-hydrogen) atoms. The third-order valence-corrected chi connectivity index (χ3v) is 8.17. The van der Waals surface area contributed by atoms with Gasteiger partial charge in [0.1, 0.15) is 5.56 Å². The van der Waals surface area contributed by atoms with E-state index in [1.165, 1.54) is 6.42 Å². The van der Waals surface area contributed by atoms with E-state index in [4.69, 9.17) is 0 Å². The molecule has 0 saturated heterocycles. The molecule has 5 saturated carbocycles. The summed E-state index contributed by atoms with van der Waals surface area (Å²) in [5, 5.41) is 15.7. The minimum absolute atomic E-state index is 0.0536. The van der Waals surface area contributed by atoms with Crippen LogP contribution in [-0.2, 0) is 4.79 Å². The van der Waals surface area contributed by atoms with Gasteiger partial charge in [0.25, 0.3) is 5.91 Å². The lowest BCUT2D eigenvalue weighted by Gasteiger charge is -2.60. The zero-order valence-corrected chi connectivity index (χ0v) is 18.0. The average Bonchev–Trinajstić information content (AvgIpc) is 3.31. The van der Waals surface area contributed by atoms with Crippen molar-refractivity contribution >= 4 is 11.8 Å². The smallest absolute Gasteiger partial charge is 0.256 e. The molecule has 0 spiro atoms. The molecule has 2 amide bonds. The molecule has 164 valence electrons. The molecule has 5 aliphatic carbocycles. The highest BCUT2D eigenvalue weighted by molar-refractivity contribution is 5.97. The van der Waals surface area contributed by atoms with Crippen molar-refractivity contribution in [3.63, 3.8) is 0 Å². The molecule has 2 aromatic heterocycles. The van der Waals surface area contributed by atoms with Crippen LogP contribution in [0.4, 0.5) is 0 Å². The van der Waals surface area contributed by atoms with Gasteiger partial charge < -0.3 is 10.6 Å². The Hall–Kier alpha value is -2.64. The lowest BCUT2D eigenvalue weighted by Crippen LogP contribution is -2.66. The Morgan fingerprint density at radius 1 is 1.13 bits per heavy atom. The number of carbonyl (C=O) groups excluding carboxylic acids is 2. The molecule has 2 N–H and O–H groups in total. The maximum absolute atomic E-state index is 13.5. The van der Waals surface area contributed by atoms with Crippen molar-refractivity contribution in [2.24, 2.45) is 17.8 Å². The monoisotopic (exact) mass is 422 g/mol. The average molecular weight is 423 g/mol. The third-order valence-electron chi connectivity index (χ3n) is 8.17. The van der Waals surface area contributed by atoms with Crippen LogP contribution < -0.4 is 10.6 Å². The Kier molecular flexibility index (Phi) is 4.27. The summed E-state index contributed by atoms with van der Waals surface area (Å²) in [6.45, 7) is 1.62. The Morgan fingerprint density at radius 3 is 2.52 bits per heavy atom. The van der Waals surface area contributed by atoms with E-state index < -0.39 is 0 Å². The summed E-state index contributed by atoms with van der Waals surface area (Å²) in [6.07, 6.45) is 14.0. The highest BCUT2D eigenvalue weighted by Crippen LogP contribution is 2.55. The zero-order chi connectivity index (χ0) is 21.2. The maximum atomic E-state index is 13.5. The van der Waals surface area contributed by atoms with Crippen LogP contribution in [0.2, 0.25) is 0 Å². The van der Waals surface area contributed by atoms with Gasteiger partial charge in [-0.2, -0.15) is 10.2 Å². The Morgan fingerprint density at radius 2 is 1.90 bits per heavy atom. The molecule has 2 heterocycles. The number of hydrogen-bond acceptors (Lipinski definition) is 4. The zero-order valence-electron chi connectivity index (χ0n) is 18.0. The summed E-state index contributed by atoms with van der Waals surface area (Å²) < 4.78 is 3.75. The summed E-state index contributed by atoms with van der Waals surface area (Å²) >= 11 is 0. The number of aromatic nitrogens is 4. The molecule has 4 bridgehead atoms. The van der Waals surface area contributed by atoms with Crippen molar-refractivity contribution in [2.75, 3.05) is 0 Å². The van der Waals surface area contributed by atoms with Gasteiger partial charge in [-0.1, -0.05) is 0 Å². The fourth-order valence-corrected chi connectivity index (χ4v) is 7.05. The van der Waals surface area contributed by atoms with Crippen LogP contribution in [0.5, 0.6) is 0 Å². The Bertz CT molecular complexity index is 991. The minimum Gasteiger partial charge on any atom is -0.351 e. The van der Waals surface area contributed by atoms with Crippen molar-refractivity contribution < 1.29 is 9.59 Å². The molecule has 5 fully saturated rings. The summed E-state index contributed by atoms with van der Waals surface area (Å²) in [7, 11) is 0. The van der Waals surface area contributed by atoms with Crippen LogP contribution in [-0.4, -0.2) is 43.0 Å². The number of carbonyl (C=O) groups is 2. The predicted molar refractivity (Wildman–Crippen MR) is 114 cm³/mol. The molecule has 2 atom stereocenters. The standard InChI is InChI=1S/C23H30N6O2/c1-14(30)27-23-10-15-8-16(11-23)20(17(9-15)12-23)26-21(31)19-13-25-29(18-4-2-5-18)22(19)28-7-3-6-24-28/h3,6-7,13,15-18,20H,2,4-5,8-12H2,1H3,(H,26,31)(H,27,30). The van der Waals surface area contributed by atoms with Gasteiger partial charge in [0.15, 0.2) is 5.82 Å². The van der Waals surface area contributed by atoms with Crippen LogP contribution >= 0.6 is 0 Å². The van der Waals surface area contributed by atoms with E-state index in [0.717, 1.165) is 50.8 Å². The summed E-state index contributed by atoms with van der Waals surface area (Å²) in [5.41, 5.74) is 0.541. The van der Waals surface area contributed by atoms with Gasteiger partial charge in [-0.05, 0) is 75.2 Å². The molecule has 8 nitrogen and oxygen atoms in total. The topological polar surface area (TPSA) is 93.8 Å². The van der Waals surface area contributed by atoms with Crippen molar-refractivity contribution in [2.45, 2.75) is 75.9 Å². The van der Waals surface area contributed by atoms with Gasteiger partial charge in [0.2, 0.25) is 5.91 Å². The lowest BCUT2D eigenvalue weighted by molar-refractivity contribution is -0.125. The van der Waals surface area contributed by atoms with Gasteiger partial charge in [-0.15, -0.1) is 0 Å². The van der Waals surface area contributed by atoms with E-state index in [1.54, 1.807) is 24.0 Å². The highest BCUT2D eigenvalue weighted by Gasteiger charge is 2.56. The molecule has 2 aromatic rings. The van der Waals surface area contributed by atoms with Crippen molar-refractivity contribution in [3.8, 4) is 5.82 Å². The number of nitrogens with zero attached hydrogens (tertiary/aromatic N) is 4. The SMILES string of the molecule is CC(=O)NC12CC3CC(C1)C(NC(=O)c1cnn(C4CCC4)c1-n1cccn1)C(C3)C2. The van der Waals surface area contributed by atoms with Gasteiger partial charge in [-0.25, -0.2) is 9.36 Å². The molecule has 8 heteroatoms. The largest absolute Gasteiger partial charge is 0.351 e.